The molecule has 132 valence electrons. The van der Waals surface area contributed by atoms with Crippen molar-refractivity contribution in [1.29, 1.82) is 0 Å². The third kappa shape index (κ3) is 6.37. The molecule has 0 unspecified atom stereocenters. The SMILES string of the molecule is C[C@H](NC(=O)[C@H](Cc1ccccc1)NOCc1ccccc1)C(=O)O. The summed E-state index contributed by atoms with van der Waals surface area (Å²) < 4.78 is 0. The molecule has 6 nitrogen and oxygen atoms in total. The first-order valence-corrected chi connectivity index (χ1v) is 8.04. The number of hydrogen-bond acceptors (Lipinski definition) is 4. The lowest BCUT2D eigenvalue weighted by atomic mass is 10.1. The van der Waals surface area contributed by atoms with Crippen molar-refractivity contribution in [1.82, 2.24) is 10.8 Å². The quantitative estimate of drug-likeness (QED) is 0.606. The molecule has 0 fully saturated rings. The molecule has 25 heavy (non-hydrogen) atoms. The molecular weight excluding hydrogens is 320 g/mol. The van der Waals surface area contributed by atoms with Gasteiger partial charge in [0.25, 0.3) is 0 Å². The molecule has 0 aliphatic carbocycles. The van der Waals surface area contributed by atoms with Gasteiger partial charge in [-0.25, -0.2) is 0 Å². The number of hydroxylamine groups is 1. The van der Waals surface area contributed by atoms with Crippen LogP contribution in [0.1, 0.15) is 18.1 Å². The van der Waals surface area contributed by atoms with Crippen LogP contribution >= 0.6 is 0 Å². The van der Waals surface area contributed by atoms with Crippen molar-refractivity contribution in [2.75, 3.05) is 0 Å². The van der Waals surface area contributed by atoms with Gasteiger partial charge in [0, 0.05) is 0 Å². The Morgan fingerprint density at radius 2 is 1.56 bits per heavy atom. The Labute approximate surface area is 146 Å². The molecular formula is C19H22N2O4. The van der Waals surface area contributed by atoms with Gasteiger partial charge >= 0.3 is 5.97 Å². The largest absolute Gasteiger partial charge is 0.480 e. The predicted molar refractivity (Wildman–Crippen MR) is 93.5 cm³/mol. The lowest BCUT2D eigenvalue weighted by Gasteiger charge is -2.20. The van der Waals surface area contributed by atoms with Crippen molar-refractivity contribution < 1.29 is 19.5 Å². The highest BCUT2D eigenvalue weighted by Gasteiger charge is 2.23. The van der Waals surface area contributed by atoms with Gasteiger partial charge in [0.1, 0.15) is 12.1 Å². The van der Waals surface area contributed by atoms with Crippen LogP contribution in [0, 0.1) is 0 Å². The van der Waals surface area contributed by atoms with Gasteiger partial charge in [0.05, 0.1) is 6.61 Å². The summed E-state index contributed by atoms with van der Waals surface area (Å²) >= 11 is 0. The molecule has 0 aliphatic rings. The number of carboxylic acid groups (broad SMARTS) is 1. The van der Waals surface area contributed by atoms with Gasteiger partial charge in [-0.15, -0.1) is 0 Å². The third-order valence-electron chi connectivity index (χ3n) is 3.64. The first-order valence-electron chi connectivity index (χ1n) is 8.04. The maximum atomic E-state index is 12.4. The number of hydrogen-bond donors (Lipinski definition) is 3. The van der Waals surface area contributed by atoms with E-state index in [1.165, 1.54) is 6.92 Å². The smallest absolute Gasteiger partial charge is 0.325 e. The highest BCUT2D eigenvalue weighted by molar-refractivity contribution is 5.86. The van der Waals surface area contributed by atoms with Crippen LogP contribution in [0.15, 0.2) is 60.7 Å². The van der Waals surface area contributed by atoms with Crippen LogP contribution in [0.5, 0.6) is 0 Å². The summed E-state index contributed by atoms with van der Waals surface area (Å²) in [4.78, 5) is 28.8. The fraction of sp³-hybridized carbons (Fsp3) is 0.263. The summed E-state index contributed by atoms with van der Waals surface area (Å²) in [5, 5.41) is 11.4. The Morgan fingerprint density at radius 1 is 1.00 bits per heavy atom. The van der Waals surface area contributed by atoms with Crippen molar-refractivity contribution in [3.8, 4) is 0 Å². The van der Waals surface area contributed by atoms with E-state index in [0.717, 1.165) is 11.1 Å². The molecule has 3 N–H and O–H groups in total. The first kappa shape index (κ1) is 18.6. The van der Waals surface area contributed by atoms with Crippen LogP contribution in [-0.2, 0) is 27.5 Å². The Balaban J connectivity index is 1.98. The molecule has 2 aromatic rings. The molecule has 0 spiro atoms. The maximum Gasteiger partial charge on any atom is 0.325 e. The summed E-state index contributed by atoms with van der Waals surface area (Å²) in [6.45, 7) is 1.72. The van der Waals surface area contributed by atoms with Gasteiger partial charge in [-0.05, 0) is 24.5 Å². The third-order valence-corrected chi connectivity index (χ3v) is 3.64. The van der Waals surface area contributed by atoms with E-state index >= 15 is 0 Å². The fourth-order valence-electron chi connectivity index (χ4n) is 2.21. The lowest BCUT2D eigenvalue weighted by Crippen LogP contribution is -2.50. The van der Waals surface area contributed by atoms with Gasteiger partial charge in [-0.2, -0.15) is 5.48 Å². The van der Waals surface area contributed by atoms with E-state index in [-0.39, 0.29) is 0 Å². The Hall–Kier alpha value is -2.70. The van der Waals surface area contributed by atoms with Crippen LogP contribution in [0.25, 0.3) is 0 Å². The molecule has 6 heteroatoms. The van der Waals surface area contributed by atoms with Crippen LogP contribution in [0.2, 0.25) is 0 Å². The molecule has 2 rings (SSSR count). The van der Waals surface area contributed by atoms with Crippen molar-refractivity contribution in [3.05, 3.63) is 71.8 Å². The number of carboxylic acids is 1. The van der Waals surface area contributed by atoms with Gasteiger partial charge in [0.2, 0.25) is 5.91 Å². The maximum absolute atomic E-state index is 12.4. The first-order chi connectivity index (χ1) is 12.1. The van der Waals surface area contributed by atoms with Crippen molar-refractivity contribution in [3.63, 3.8) is 0 Å². The number of carbonyl (C=O) groups is 2. The second kappa shape index (κ2) is 9.56. The number of nitrogens with one attached hydrogen (secondary N) is 2. The summed E-state index contributed by atoms with van der Waals surface area (Å²) in [5.74, 6) is -1.51. The number of aliphatic carboxylic acids is 1. The molecule has 2 atom stereocenters. The average Bonchev–Trinajstić information content (AvgIpc) is 2.62. The Kier molecular flexibility index (Phi) is 7.13. The number of amides is 1. The number of benzene rings is 2. The zero-order valence-electron chi connectivity index (χ0n) is 14.0. The van der Waals surface area contributed by atoms with E-state index in [9.17, 15) is 9.59 Å². The summed E-state index contributed by atoms with van der Waals surface area (Å²) in [7, 11) is 0. The highest BCUT2D eigenvalue weighted by Crippen LogP contribution is 2.05. The topological polar surface area (TPSA) is 87.7 Å². The van der Waals surface area contributed by atoms with Crippen LogP contribution in [0.3, 0.4) is 0 Å². The zero-order valence-corrected chi connectivity index (χ0v) is 14.0. The van der Waals surface area contributed by atoms with E-state index in [4.69, 9.17) is 9.94 Å². The molecule has 0 radical (unpaired) electrons. The molecule has 1 amide bonds. The van der Waals surface area contributed by atoms with Gasteiger partial charge in [-0.1, -0.05) is 60.7 Å². The van der Waals surface area contributed by atoms with Crippen molar-refractivity contribution >= 4 is 11.9 Å². The normalized spacial score (nSPS) is 13.0. The lowest BCUT2D eigenvalue weighted by molar-refractivity contribution is -0.142. The van der Waals surface area contributed by atoms with E-state index in [1.807, 2.05) is 60.7 Å². The summed E-state index contributed by atoms with van der Waals surface area (Å²) in [5.41, 5.74) is 4.67. The second-order valence-corrected chi connectivity index (χ2v) is 5.70. The standard InChI is InChI=1S/C19H22N2O4/c1-14(19(23)24)20-18(22)17(12-15-8-4-2-5-9-15)21-25-13-16-10-6-3-7-11-16/h2-11,14,17,21H,12-13H2,1H3,(H,20,22)(H,23,24)/t14-,17-/m0/s1. The predicted octanol–water partition coefficient (Wildman–Crippen LogP) is 1.91. The van der Waals surface area contributed by atoms with Crippen LogP contribution in [-0.4, -0.2) is 29.1 Å². The molecule has 0 saturated carbocycles. The minimum atomic E-state index is -1.09. The average molecular weight is 342 g/mol. The highest BCUT2D eigenvalue weighted by atomic mass is 16.6. The van der Waals surface area contributed by atoms with Gasteiger partial charge < -0.3 is 10.4 Å². The monoisotopic (exact) mass is 342 g/mol. The fourth-order valence-corrected chi connectivity index (χ4v) is 2.21. The molecule has 0 heterocycles. The Morgan fingerprint density at radius 3 is 2.12 bits per heavy atom. The van der Waals surface area contributed by atoms with Gasteiger partial charge in [0.15, 0.2) is 0 Å². The minimum Gasteiger partial charge on any atom is -0.480 e. The molecule has 2 aromatic carbocycles. The van der Waals surface area contributed by atoms with E-state index < -0.39 is 24.0 Å². The minimum absolute atomic E-state index is 0.299. The zero-order chi connectivity index (χ0) is 18.1. The molecule has 0 aromatic heterocycles. The van der Waals surface area contributed by atoms with E-state index in [1.54, 1.807) is 0 Å². The second-order valence-electron chi connectivity index (χ2n) is 5.70. The van der Waals surface area contributed by atoms with E-state index in [2.05, 4.69) is 10.8 Å². The molecule has 0 bridgehead atoms. The van der Waals surface area contributed by atoms with Crippen molar-refractivity contribution in [2.45, 2.75) is 32.0 Å². The number of carbonyl (C=O) groups excluding carboxylic acids is 1. The van der Waals surface area contributed by atoms with Gasteiger partial charge in [-0.3, -0.25) is 14.4 Å². The Bertz CT molecular complexity index is 676. The summed E-state index contributed by atoms with van der Waals surface area (Å²) in [6, 6.07) is 17.3. The van der Waals surface area contributed by atoms with Crippen LogP contribution < -0.4 is 10.8 Å². The number of rotatable bonds is 9. The van der Waals surface area contributed by atoms with E-state index in [0.29, 0.717) is 13.0 Å². The van der Waals surface area contributed by atoms with Crippen molar-refractivity contribution in [2.24, 2.45) is 0 Å². The summed E-state index contributed by atoms with van der Waals surface area (Å²) in [6.07, 6.45) is 0.383. The van der Waals surface area contributed by atoms with Crippen LogP contribution in [0.4, 0.5) is 0 Å². The molecule has 0 aliphatic heterocycles. The molecule has 0 saturated heterocycles.